The van der Waals surface area contributed by atoms with Gasteiger partial charge in [-0.25, -0.2) is 4.98 Å². The number of hydrogen-bond acceptors (Lipinski definition) is 3. The summed E-state index contributed by atoms with van der Waals surface area (Å²) in [5.41, 5.74) is 0.638. The maximum Gasteiger partial charge on any atom is 0.151 e. The molecule has 2 rings (SSSR count). The van der Waals surface area contributed by atoms with Gasteiger partial charge in [-0.15, -0.1) is 0 Å². The number of hydrogen-bond donors (Lipinski definition) is 0. The Kier molecular flexibility index (Phi) is 2.99. The van der Waals surface area contributed by atoms with Crippen LogP contribution >= 0.6 is 0 Å². The number of aldehydes is 1. The fourth-order valence-electron chi connectivity index (χ4n) is 2.15. The molecule has 0 amide bonds. The minimum atomic E-state index is 0.625. The summed E-state index contributed by atoms with van der Waals surface area (Å²) in [5, 5.41) is 0. The van der Waals surface area contributed by atoms with E-state index in [0.29, 0.717) is 11.6 Å². The van der Waals surface area contributed by atoms with E-state index in [4.69, 9.17) is 0 Å². The Morgan fingerprint density at radius 2 is 2.13 bits per heavy atom. The Labute approximate surface area is 90.1 Å². The first-order valence-electron chi connectivity index (χ1n) is 5.45. The molecular formula is C12H16N2O. The van der Waals surface area contributed by atoms with E-state index in [1.54, 1.807) is 6.20 Å². The lowest BCUT2D eigenvalue weighted by Crippen LogP contribution is -2.29. The fraction of sp³-hybridized carbons (Fsp3) is 0.500. The largest absolute Gasteiger partial charge is 0.357 e. The lowest BCUT2D eigenvalue weighted by molar-refractivity contribution is 0.112. The van der Waals surface area contributed by atoms with Crippen molar-refractivity contribution in [2.45, 2.75) is 31.7 Å². The minimum absolute atomic E-state index is 0.625. The molecule has 1 saturated carbocycles. The topological polar surface area (TPSA) is 33.2 Å². The van der Waals surface area contributed by atoms with Gasteiger partial charge >= 0.3 is 0 Å². The van der Waals surface area contributed by atoms with Crippen molar-refractivity contribution in [1.29, 1.82) is 0 Å². The van der Waals surface area contributed by atoms with Crippen molar-refractivity contribution in [3.63, 3.8) is 0 Å². The van der Waals surface area contributed by atoms with Crippen molar-refractivity contribution in [1.82, 2.24) is 4.98 Å². The highest BCUT2D eigenvalue weighted by Gasteiger charge is 2.20. The molecule has 0 unspecified atom stereocenters. The van der Waals surface area contributed by atoms with Gasteiger partial charge in [-0.2, -0.15) is 0 Å². The van der Waals surface area contributed by atoms with Gasteiger partial charge in [0.15, 0.2) is 6.29 Å². The second kappa shape index (κ2) is 4.43. The summed E-state index contributed by atoms with van der Waals surface area (Å²) >= 11 is 0. The van der Waals surface area contributed by atoms with Crippen LogP contribution in [-0.4, -0.2) is 24.4 Å². The predicted molar refractivity (Wildman–Crippen MR) is 60.3 cm³/mol. The zero-order valence-corrected chi connectivity index (χ0v) is 9.02. The Morgan fingerprint density at radius 3 is 2.67 bits per heavy atom. The van der Waals surface area contributed by atoms with Crippen LogP contribution in [0.1, 0.15) is 36.0 Å². The van der Waals surface area contributed by atoms with Crippen LogP contribution in [0, 0.1) is 0 Å². The zero-order valence-electron chi connectivity index (χ0n) is 9.02. The number of nitrogens with zero attached hydrogens (tertiary/aromatic N) is 2. The highest BCUT2D eigenvalue weighted by Crippen LogP contribution is 2.25. The van der Waals surface area contributed by atoms with Gasteiger partial charge in [0.1, 0.15) is 5.82 Å². The molecule has 1 aliphatic rings. The molecule has 1 aromatic rings. The van der Waals surface area contributed by atoms with Crippen molar-refractivity contribution in [2.24, 2.45) is 0 Å². The number of pyridine rings is 1. The number of rotatable bonds is 3. The second-order valence-corrected chi connectivity index (χ2v) is 4.12. The van der Waals surface area contributed by atoms with E-state index in [9.17, 15) is 4.79 Å². The van der Waals surface area contributed by atoms with Crippen LogP contribution in [0.2, 0.25) is 0 Å². The quantitative estimate of drug-likeness (QED) is 0.708. The third-order valence-corrected chi connectivity index (χ3v) is 3.14. The SMILES string of the molecule is CN(c1ccc(C=O)cn1)C1CCCC1. The molecular weight excluding hydrogens is 188 g/mol. The van der Waals surface area contributed by atoms with E-state index in [-0.39, 0.29) is 0 Å². The Balaban J connectivity index is 2.10. The summed E-state index contributed by atoms with van der Waals surface area (Å²) in [5.74, 6) is 0.965. The third-order valence-electron chi connectivity index (χ3n) is 3.14. The first-order chi connectivity index (χ1) is 7.31. The monoisotopic (exact) mass is 204 g/mol. The molecule has 0 radical (unpaired) electrons. The number of carbonyl (C=O) groups is 1. The van der Waals surface area contributed by atoms with Crippen LogP contribution in [-0.2, 0) is 0 Å². The van der Waals surface area contributed by atoms with Gasteiger partial charge in [-0.3, -0.25) is 4.79 Å². The molecule has 1 heterocycles. The molecule has 1 fully saturated rings. The molecule has 0 atom stereocenters. The minimum Gasteiger partial charge on any atom is -0.357 e. The van der Waals surface area contributed by atoms with E-state index in [2.05, 4.69) is 16.9 Å². The molecule has 3 heteroatoms. The van der Waals surface area contributed by atoms with E-state index in [0.717, 1.165) is 12.1 Å². The average Bonchev–Trinajstić information content (AvgIpc) is 2.82. The van der Waals surface area contributed by atoms with E-state index < -0.39 is 0 Å². The van der Waals surface area contributed by atoms with Crippen LogP contribution < -0.4 is 4.90 Å². The van der Waals surface area contributed by atoms with E-state index >= 15 is 0 Å². The smallest absolute Gasteiger partial charge is 0.151 e. The van der Waals surface area contributed by atoms with Gasteiger partial charge in [0.05, 0.1) is 0 Å². The van der Waals surface area contributed by atoms with E-state index in [1.165, 1.54) is 25.7 Å². The summed E-state index contributed by atoms with van der Waals surface area (Å²) in [4.78, 5) is 17.0. The summed E-state index contributed by atoms with van der Waals surface area (Å²) < 4.78 is 0. The van der Waals surface area contributed by atoms with Crippen molar-refractivity contribution >= 4 is 12.1 Å². The van der Waals surface area contributed by atoms with Crippen LogP contribution in [0.25, 0.3) is 0 Å². The molecule has 0 spiro atoms. The van der Waals surface area contributed by atoms with Gasteiger partial charge in [0, 0.05) is 24.8 Å². The Hall–Kier alpha value is -1.38. The van der Waals surface area contributed by atoms with Gasteiger partial charge in [-0.1, -0.05) is 12.8 Å². The highest BCUT2D eigenvalue weighted by atomic mass is 16.1. The molecule has 15 heavy (non-hydrogen) atoms. The summed E-state index contributed by atoms with van der Waals surface area (Å²) in [6.07, 6.45) is 7.62. The highest BCUT2D eigenvalue weighted by molar-refractivity contribution is 5.74. The third kappa shape index (κ3) is 2.17. The number of carbonyl (C=O) groups excluding carboxylic acids is 1. The first-order valence-corrected chi connectivity index (χ1v) is 5.45. The van der Waals surface area contributed by atoms with Crippen molar-refractivity contribution in [3.8, 4) is 0 Å². The van der Waals surface area contributed by atoms with Gasteiger partial charge in [0.25, 0.3) is 0 Å². The number of anilines is 1. The average molecular weight is 204 g/mol. The molecule has 1 aliphatic carbocycles. The Morgan fingerprint density at radius 1 is 1.40 bits per heavy atom. The molecule has 0 aliphatic heterocycles. The van der Waals surface area contributed by atoms with Crippen molar-refractivity contribution in [3.05, 3.63) is 23.9 Å². The summed E-state index contributed by atoms with van der Waals surface area (Å²) in [6.45, 7) is 0. The Bertz CT molecular complexity index is 328. The molecule has 0 N–H and O–H groups in total. The second-order valence-electron chi connectivity index (χ2n) is 4.12. The van der Waals surface area contributed by atoms with Gasteiger partial charge < -0.3 is 4.90 Å². The van der Waals surface area contributed by atoms with Crippen LogP contribution in [0.15, 0.2) is 18.3 Å². The maximum absolute atomic E-state index is 10.5. The molecule has 0 aromatic carbocycles. The standard InChI is InChI=1S/C12H16N2O/c1-14(11-4-2-3-5-11)12-7-6-10(9-15)8-13-12/h6-9,11H,2-5H2,1H3. The van der Waals surface area contributed by atoms with Crippen molar-refractivity contribution < 1.29 is 4.79 Å². The summed E-state index contributed by atoms with van der Waals surface area (Å²) in [7, 11) is 2.08. The lowest BCUT2D eigenvalue weighted by Gasteiger charge is -2.25. The fourth-order valence-corrected chi connectivity index (χ4v) is 2.15. The van der Waals surface area contributed by atoms with Crippen LogP contribution in [0.5, 0.6) is 0 Å². The lowest BCUT2D eigenvalue weighted by atomic mass is 10.2. The molecule has 0 bridgehead atoms. The van der Waals surface area contributed by atoms with Crippen molar-refractivity contribution in [2.75, 3.05) is 11.9 Å². The molecule has 0 saturated heterocycles. The molecule has 1 aromatic heterocycles. The first kappa shape index (κ1) is 10.1. The summed E-state index contributed by atoms with van der Waals surface area (Å²) in [6, 6.07) is 4.36. The number of aromatic nitrogens is 1. The molecule has 3 nitrogen and oxygen atoms in total. The maximum atomic E-state index is 10.5. The van der Waals surface area contributed by atoms with Gasteiger partial charge in [-0.05, 0) is 25.0 Å². The van der Waals surface area contributed by atoms with Crippen LogP contribution in [0.4, 0.5) is 5.82 Å². The van der Waals surface area contributed by atoms with Crippen LogP contribution in [0.3, 0.4) is 0 Å². The predicted octanol–water partition coefficient (Wildman–Crippen LogP) is 2.27. The molecule has 80 valence electrons. The van der Waals surface area contributed by atoms with Gasteiger partial charge in [0.2, 0.25) is 0 Å². The zero-order chi connectivity index (χ0) is 10.7. The van der Waals surface area contributed by atoms with E-state index in [1.807, 2.05) is 12.1 Å². The normalized spacial score (nSPS) is 16.6.